The predicted octanol–water partition coefficient (Wildman–Crippen LogP) is 0.559. The molecular weight excluding hydrogens is 286 g/mol. The van der Waals surface area contributed by atoms with Crippen molar-refractivity contribution in [1.29, 1.82) is 0 Å². The van der Waals surface area contributed by atoms with Crippen LogP contribution in [0.2, 0.25) is 0 Å². The average Bonchev–Trinajstić information content (AvgIpc) is 2.36. The molecule has 1 aromatic heterocycles. The topological polar surface area (TPSA) is 88.2 Å². The molecule has 2 atom stereocenters. The second-order valence-electron chi connectivity index (χ2n) is 4.22. The smallest absolute Gasteiger partial charge is 0.242 e. The standard InChI is InChI=1S/C11H19N3O3S2/c1-9(6-7-18(3)15)14-19(16,17)10-4-5-11(12-2)13-8-10/h4-5,8-9,14H,6-7H2,1-3H3,(H,12,13). The van der Waals surface area contributed by atoms with Gasteiger partial charge in [0.05, 0.1) is 0 Å². The van der Waals surface area contributed by atoms with Crippen LogP contribution in [0.1, 0.15) is 13.3 Å². The zero-order valence-corrected chi connectivity index (χ0v) is 12.8. The summed E-state index contributed by atoms with van der Waals surface area (Å²) in [6.07, 6.45) is 3.44. The van der Waals surface area contributed by atoms with Gasteiger partial charge in [0, 0.05) is 42.1 Å². The van der Waals surface area contributed by atoms with Gasteiger partial charge in [0.15, 0.2) is 0 Å². The van der Waals surface area contributed by atoms with Crippen LogP contribution in [0.5, 0.6) is 0 Å². The normalized spacial score (nSPS) is 14.9. The first-order valence-corrected chi connectivity index (χ1v) is 9.02. The van der Waals surface area contributed by atoms with Crippen molar-refractivity contribution >= 4 is 26.6 Å². The lowest BCUT2D eigenvalue weighted by Gasteiger charge is -2.13. The van der Waals surface area contributed by atoms with Crippen molar-refractivity contribution < 1.29 is 12.6 Å². The van der Waals surface area contributed by atoms with Crippen LogP contribution in [0.4, 0.5) is 5.82 Å². The third-order valence-electron chi connectivity index (χ3n) is 2.50. The van der Waals surface area contributed by atoms with Crippen LogP contribution in [0.3, 0.4) is 0 Å². The van der Waals surface area contributed by atoms with Crippen LogP contribution >= 0.6 is 0 Å². The highest BCUT2D eigenvalue weighted by atomic mass is 32.2. The third kappa shape index (κ3) is 5.25. The van der Waals surface area contributed by atoms with E-state index in [1.165, 1.54) is 12.3 Å². The van der Waals surface area contributed by atoms with Gasteiger partial charge in [-0.1, -0.05) is 0 Å². The second-order valence-corrected chi connectivity index (χ2v) is 7.49. The Bertz CT molecular complexity index is 529. The molecule has 0 aromatic carbocycles. The number of nitrogens with zero attached hydrogens (tertiary/aromatic N) is 1. The van der Waals surface area contributed by atoms with Gasteiger partial charge in [0.1, 0.15) is 10.7 Å². The fraction of sp³-hybridized carbons (Fsp3) is 0.545. The van der Waals surface area contributed by atoms with Gasteiger partial charge >= 0.3 is 0 Å². The van der Waals surface area contributed by atoms with E-state index in [0.717, 1.165) is 0 Å². The van der Waals surface area contributed by atoms with Crippen molar-refractivity contribution in [2.45, 2.75) is 24.3 Å². The molecule has 0 amide bonds. The SMILES string of the molecule is CNc1ccc(S(=O)(=O)NC(C)CCS(C)=O)cn1. The fourth-order valence-electron chi connectivity index (χ4n) is 1.42. The van der Waals surface area contributed by atoms with E-state index in [4.69, 9.17) is 0 Å². The van der Waals surface area contributed by atoms with Crippen molar-refractivity contribution in [3.63, 3.8) is 0 Å². The van der Waals surface area contributed by atoms with Crippen LogP contribution in [-0.4, -0.2) is 42.7 Å². The van der Waals surface area contributed by atoms with Crippen LogP contribution < -0.4 is 10.0 Å². The highest BCUT2D eigenvalue weighted by Gasteiger charge is 2.17. The van der Waals surface area contributed by atoms with E-state index in [2.05, 4.69) is 15.0 Å². The monoisotopic (exact) mass is 305 g/mol. The van der Waals surface area contributed by atoms with Crippen LogP contribution in [0, 0.1) is 0 Å². The molecule has 1 heterocycles. The first-order chi connectivity index (χ1) is 8.85. The first-order valence-electron chi connectivity index (χ1n) is 5.81. The van der Waals surface area contributed by atoms with E-state index >= 15 is 0 Å². The summed E-state index contributed by atoms with van der Waals surface area (Å²) in [4.78, 5) is 4.09. The maximum absolute atomic E-state index is 12.0. The minimum atomic E-state index is -3.57. The van der Waals surface area contributed by atoms with E-state index in [1.54, 1.807) is 26.3 Å². The first kappa shape index (κ1) is 16.1. The summed E-state index contributed by atoms with van der Waals surface area (Å²) in [5.41, 5.74) is 0. The van der Waals surface area contributed by atoms with Crippen molar-refractivity contribution in [1.82, 2.24) is 9.71 Å². The number of rotatable bonds is 7. The summed E-state index contributed by atoms with van der Waals surface area (Å²) in [7, 11) is -2.78. The number of sulfonamides is 1. The van der Waals surface area contributed by atoms with Crippen LogP contribution in [-0.2, 0) is 20.8 Å². The molecule has 0 aliphatic carbocycles. The third-order valence-corrected chi connectivity index (χ3v) is 4.88. The molecule has 0 radical (unpaired) electrons. The highest BCUT2D eigenvalue weighted by Crippen LogP contribution is 2.11. The van der Waals surface area contributed by atoms with E-state index < -0.39 is 20.8 Å². The second kappa shape index (κ2) is 6.97. The molecule has 0 fully saturated rings. The Morgan fingerprint density at radius 3 is 2.58 bits per heavy atom. The van der Waals surface area contributed by atoms with Gasteiger partial charge in [-0.3, -0.25) is 4.21 Å². The Hall–Kier alpha value is -0.990. The van der Waals surface area contributed by atoms with Gasteiger partial charge in [-0.2, -0.15) is 0 Å². The number of nitrogens with one attached hydrogen (secondary N) is 2. The lowest BCUT2D eigenvalue weighted by Crippen LogP contribution is -2.33. The quantitative estimate of drug-likeness (QED) is 0.768. The minimum absolute atomic E-state index is 0.121. The molecule has 0 saturated carbocycles. The molecule has 0 aliphatic heterocycles. The summed E-state index contributed by atoms with van der Waals surface area (Å²) < 4.78 is 37.6. The molecule has 2 unspecified atom stereocenters. The Kier molecular flexibility index (Phi) is 5.89. The Balaban J connectivity index is 2.71. The zero-order chi connectivity index (χ0) is 14.5. The molecule has 0 saturated heterocycles. The Morgan fingerprint density at radius 2 is 2.11 bits per heavy atom. The molecule has 2 N–H and O–H groups in total. The Morgan fingerprint density at radius 1 is 1.42 bits per heavy atom. The molecule has 0 aliphatic rings. The van der Waals surface area contributed by atoms with Crippen molar-refractivity contribution in [3.05, 3.63) is 18.3 Å². The van der Waals surface area contributed by atoms with E-state index in [-0.39, 0.29) is 10.9 Å². The molecule has 0 bridgehead atoms. The summed E-state index contributed by atoms with van der Waals surface area (Å²) in [5, 5.41) is 2.82. The summed E-state index contributed by atoms with van der Waals surface area (Å²) in [6.45, 7) is 1.75. The predicted molar refractivity (Wildman–Crippen MR) is 77.1 cm³/mol. The lowest BCUT2D eigenvalue weighted by molar-refractivity contribution is 0.555. The van der Waals surface area contributed by atoms with Gasteiger partial charge in [-0.25, -0.2) is 18.1 Å². The molecule has 108 valence electrons. The minimum Gasteiger partial charge on any atom is -0.373 e. The number of hydrogen-bond donors (Lipinski definition) is 2. The van der Waals surface area contributed by atoms with Gasteiger partial charge < -0.3 is 5.32 Å². The van der Waals surface area contributed by atoms with E-state index in [1.807, 2.05) is 0 Å². The van der Waals surface area contributed by atoms with Gasteiger partial charge in [0.25, 0.3) is 0 Å². The number of hydrogen-bond acceptors (Lipinski definition) is 5. The van der Waals surface area contributed by atoms with Gasteiger partial charge in [0.2, 0.25) is 10.0 Å². The summed E-state index contributed by atoms with van der Waals surface area (Å²) in [5.74, 6) is 1.08. The molecular formula is C11H19N3O3S2. The van der Waals surface area contributed by atoms with Gasteiger partial charge in [-0.15, -0.1) is 0 Å². The number of anilines is 1. The van der Waals surface area contributed by atoms with Gasteiger partial charge in [-0.05, 0) is 25.5 Å². The van der Waals surface area contributed by atoms with E-state index in [9.17, 15) is 12.6 Å². The van der Waals surface area contributed by atoms with Crippen molar-refractivity contribution in [2.75, 3.05) is 24.4 Å². The lowest BCUT2D eigenvalue weighted by atomic mass is 10.3. The number of pyridine rings is 1. The van der Waals surface area contributed by atoms with E-state index in [0.29, 0.717) is 18.0 Å². The van der Waals surface area contributed by atoms with Crippen molar-refractivity contribution in [3.8, 4) is 0 Å². The largest absolute Gasteiger partial charge is 0.373 e. The highest BCUT2D eigenvalue weighted by molar-refractivity contribution is 7.89. The maximum atomic E-state index is 12.0. The van der Waals surface area contributed by atoms with Crippen LogP contribution in [0.15, 0.2) is 23.2 Å². The molecule has 0 spiro atoms. The Labute approximate surface area is 116 Å². The summed E-state index contributed by atoms with van der Waals surface area (Å²) >= 11 is 0. The molecule has 6 nitrogen and oxygen atoms in total. The molecule has 1 rings (SSSR count). The summed E-state index contributed by atoms with van der Waals surface area (Å²) in [6, 6.07) is 2.82. The molecule has 8 heteroatoms. The maximum Gasteiger partial charge on any atom is 0.242 e. The number of aromatic nitrogens is 1. The average molecular weight is 305 g/mol. The molecule has 1 aromatic rings. The fourth-order valence-corrected chi connectivity index (χ4v) is 3.33. The molecule has 19 heavy (non-hydrogen) atoms. The van der Waals surface area contributed by atoms with Crippen LogP contribution in [0.25, 0.3) is 0 Å². The zero-order valence-electron chi connectivity index (χ0n) is 11.2. The van der Waals surface area contributed by atoms with Crippen molar-refractivity contribution in [2.24, 2.45) is 0 Å².